The summed E-state index contributed by atoms with van der Waals surface area (Å²) in [7, 11) is 0. The molecule has 6 heteroatoms. The van der Waals surface area contributed by atoms with Gasteiger partial charge in [-0.1, -0.05) is 13.0 Å². The molecule has 0 bridgehead atoms. The second-order valence-corrected chi connectivity index (χ2v) is 5.65. The third-order valence-electron chi connectivity index (χ3n) is 2.83. The van der Waals surface area contributed by atoms with Gasteiger partial charge in [-0.2, -0.15) is 0 Å². The molecule has 0 saturated heterocycles. The number of rotatable bonds is 8. The Hall–Kier alpha value is -0.780. The van der Waals surface area contributed by atoms with Crippen molar-refractivity contribution in [3.05, 3.63) is 28.2 Å². The maximum atomic E-state index is 11.7. The fourth-order valence-electron chi connectivity index (χ4n) is 1.75. The molecule has 1 amide bonds. The molecular formula is C15H24BrClN2O2. The lowest BCUT2D eigenvalue weighted by atomic mass is 10.2. The summed E-state index contributed by atoms with van der Waals surface area (Å²) < 4.78 is 6.51. The van der Waals surface area contributed by atoms with Crippen LogP contribution in [-0.4, -0.2) is 31.6 Å². The Kier molecular flexibility index (Phi) is 10.5. The molecule has 0 aliphatic heterocycles. The summed E-state index contributed by atoms with van der Waals surface area (Å²) in [6.45, 7) is 8.04. The first-order valence-corrected chi connectivity index (χ1v) is 7.71. The number of benzene rings is 1. The summed E-state index contributed by atoms with van der Waals surface area (Å²) in [6.07, 6.45) is 0.360. The van der Waals surface area contributed by atoms with Gasteiger partial charge in [0.2, 0.25) is 5.91 Å². The van der Waals surface area contributed by atoms with E-state index in [4.69, 9.17) is 4.74 Å². The molecule has 0 radical (unpaired) electrons. The van der Waals surface area contributed by atoms with Gasteiger partial charge in [0.15, 0.2) is 0 Å². The van der Waals surface area contributed by atoms with Crippen LogP contribution in [0.1, 0.15) is 25.8 Å². The minimum atomic E-state index is 0. The van der Waals surface area contributed by atoms with Crippen LogP contribution in [0.4, 0.5) is 0 Å². The number of halogens is 2. The fourth-order valence-corrected chi connectivity index (χ4v) is 2.36. The predicted molar refractivity (Wildman–Crippen MR) is 92.4 cm³/mol. The summed E-state index contributed by atoms with van der Waals surface area (Å²) in [5.74, 6) is 0.780. The molecule has 0 aliphatic rings. The quantitative estimate of drug-likeness (QED) is 0.730. The molecule has 1 aromatic rings. The van der Waals surface area contributed by atoms with E-state index in [1.807, 2.05) is 39.0 Å². The predicted octanol–water partition coefficient (Wildman–Crippen LogP) is 3.06. The molecule has 1 rings (SSSR count). The smallest absolute Gasteiger partial charge is 0.223 e. The summed E-state index contributed by atoms with van der Waals surface area (Å²) >= 11 is 3.45. The summed E-state index contributed by atoms with van der Waals surface area (Å²) in [5, 5.41) is 6.13. The van der Waals surface area contributed by atoms with Crippen LogP contribution >= 0.6 is 28.3 Å². The van der Waals surface area contributed by atoms with Crippen LogP contribution in [0.3, 0.4) is 0 Å². The largest absolute Gasteiger partial charge is 0.492 e. The summed E-state index contributed by atoms with van der Waals surface area (Å²) in [5.41, 5.74) is 1.17. The zero-order valence-corrected chi connectivity index (χ0v) is 15.1. The Morgan fingerprint density at radius 2 is 2.14 bits per heavy atom. The van der Waals surface area contributed by atoms with Crippen molar-refractivity contribution >= 4 is 34.2 Å². The van der Waals surface area contributed by atoms with Crippen LogP contribution < -0.4 is 15.4 Å². The van der Waals surface area contributed by atoms with E-state index in [0.717, 1.165) is 16.8 Å². The van der Waals surface area contributed by atoms with Crippen molar-refractivity contribution in [2.75, 3.05) is 19.7 Å². The Morgan fingerprint density at radius 1 is 1.43 bits per heavy atom. The van der Waals surface area contributed by atoms with Gasteiger partial charge in [0.05, 0.1) is 17.5 Å². The zero-order valence-electron chi connectivity index (χ0n) is 12.7. The minimum Gasteiger partial charge on any atom is -0.492 e. The first kappa shape index (κ1) is 20.2. The molecule has 0 spiro atoms. The molecule has 0 saturated carbocycles. The number of nitrogens with one attached hydrogen (secondary N) is 2. The molecule has 4 nitrogen and oxygen atoms in total. The van der Waals surface area contributed by atoms with Gasteiger partial charge in [-0.15, -0.1) is 12.4 Å². The third kappa shape index (κ3) is 8.29. The first-order valence-electron chi connectivity index (χ1n) is 6.92. The van der Waals surface area contributed by atoms with Crippen molar-refractivity contribution in [2.45, 2.75) is 33.2 Å². The van der Waals surface area contributed by atoms with E-state index in [-0.39, 0.29) is 24.4 Å². The molecule has 1 atom stereocenters. The van der Waals surface area contributed by atoms with Crippen molar-refractivity contribution in [3.63, 3.8) is 0 Å². The topological polar surface area (TPSA) is 50.4 Å². The number of carbonyl (C=O) groups excluding carboxylic acids is 1. The van der Waals surface area contributed by atoms with Gasteiger partial charge in [0, 0.05) is 12.6 Å². The number of hydrogen-bond acceptors (Lipinski definition) is 3. The van der Waals surface area contributed by atoms with Crippen molar-refractivity contribution in [1.82, 2.24) is 10.6 Å². The highest BCUT2D eigenvalue weighted by Gasteiger charge is 2.06. The SMILES string of the molecule is CCN[C@H](C)CNC(=O)CCOc1ccc(C)cc1Br.Cl. The lowest BCUT2D eigenvalue weighted by Crippen LogP contribution is -2.39. The fraction of sp³-hybridized carbons (Fsp3) is 0.533. The monoisotopic (exact) mass is 378 g/mol. The first-order chi connectivity index (χ1) is 9.52. The van der Waals surface area contributed by atoms with Gasteiger partial charge in [-0.3, -0.25) is 4.79 Å². The normalized spacial score (nSPS) is 11.4. The van der Waals surface area contributed by atoms with Crippen LogP contribution in [0.5, 0.6) is 5.75 Å². The number of amides is 1. The van der Waals surface area contributed by atoms with E-state index < -0.39 is 0 Å². The highest BCUT2D eigenvalue weighted by molar-refractivity contribution is 9.10. The number of likely N-dealkylation sites (N-methyl/N-ethyl adjacent to an activating group) is 1. The van der Waals surface area contributed by atoms with Crippen LogP contribution in [0.15, 0.2) is 22.7 Å². The summed E-state index contributed by atoms with van der Waals surface area (Å²) in [6, 6.07) is 6.17. The number of hydrogen-bond donors (Lipinski definition) is 2. The Morgan fingerprint density at radius 3 is 2.76 bits per heavy atom. The molecule has 0 unspecified atom stereocenters. The van der Waals surface area contributed by atoms with Crippen molar-refractivity contribution < 1.29 is 9.53 Å². The van der Waals surface area contributed by atoms with E-state index in [1.54, 1.807) is 0 Å². The van der Waals surface area contributed by atoms with E-state index >= 15 is 0 Å². The van der Waals surface area contributed by atoms with Gasteiger partial charge in [0.1, 0.15) is 5.75 Å². The molecule has 1 aromatic carbocycles. The Labute approximate surface area is 141 Å². The van der Waals surface area contributed by atoms with E-state index in [1.165, 1.54) is 5.56 Å². The number of carbonyl (C=O) groups is 1. The number of aryl methyl sites for hydroxylation is 1. The van der Waals surface area contributed by atoms with Gasteiger partial charge >= 0.3 is 0 Å². The van der Waals surface area contributed by atoms with Crippen LogP contribution in [0.2, 0.25) is 0 Å². The van der Waals surface area contributed by atoms with Crippen molar-refractivity contribution in [3.8, 4) is 5.75 Å². The second-order valence-electron chi connectivity index (χ2n) is 4.80. The maximum absolute atomic E-state index is 11.7. The average molecular weight is 380 g/mol. The zero-order chi connectivity index (χ0) is 15.0. The van der Waals surface area contributed by atoms with Crippen LogP contribution in [0.25, 0.3) is 0 Å². The van der Waals surface area contributed by atoms with Crippen LogP contribution in [-0.2, 0) is 4.79 Å². The summed E-state index contributed by atoms with van der Waals surface area (Å²) in [4.78, 5) is 11.7. The molecule has 0 fully saturated rings. The second kappa shape index (κ2) is 10.9. The van der Waals surface area contributed by atoms with Gasteiger partial charge in [-0.25, -0.2) is 0 Å². The molecule has 2 N–H and O–H groups in total. The highest BCUT2D eigenvalue weighted by Crippen LogP contribution is 2.25. The average Bonchev–Trinajstić information content (AvgIpc) is 2.39. The van der Waals surface area contributed by atoms with Crippen LogP contribution in [0, 0.1) is 6.92 Å². The highest BCUT2D eigenvalue weighted by atomic mass is 79.9. The molecular weight excluding hydrogens is 356 g/mol. The Balaban J connectivity index is 0.00000400. The van der Waals surface area contributed by atoms with Gasteiger partial charge in [0.25, 0.3) is 0 Å². The molecule has 0 aromatic heterocycles. The lowest BCUT2D eigenvalue weighted by Gasteiger charge is -2.13. The minimum absolute atomic E-state index is 0. The lowest BCUT2D eigenvalue weighted by molar-refractivity contribution is -0.121. The van der Waals surface area contributed by atoms with Gasteiger partial charge in [-0.05, 0) is 54.0 Å². The third-order valence-corrected chi connectivity index (χ3v) is 3.45. The van der Waals surface area contributed by atoms with E-state index in [0.29, 0.717) is 19.6 Å². The standard InChI is InChI=1S/C15H23BrN2O2.ClH/c1-4-17-12(3)10-18-15(19)7-8-20-14-6-5-11(2)9-13(14)16;/h5-6,9,12,17H,4,7-8,10H2,1-3H3,(H,18,19);1H/t12-;/m1./s1. The molecule has 0 heterocycles. The molecule has 0 aliphatic carbocycles. The van der Waals surface area contributed by atoms with Gasteiger partial charge < -0.3 is 15.4 Å². The molecule has 21 heavy (non-hydrogen) atoms. The molecule has 120 valence electrons. The van der Waals surface area contributed by atoms with E-state index in [9.17, 15) is 4.79 Å². The maximum Gasteiger partial charge on any atom is 0.223 e. The number of ether oxygens (including phenoxy) is 1. The van der Waals surface area contributed by atoms with Crippen molar-refractivity contribution in [1.29, 1.82) is 0 Å². The Bertz CT molecular complexity index is 444. The van der Waals surface area contributed by atoms with E-state index in [2.05, 4.69) is 26.6 Å². The van der Waals surface area contributed by atoms with Crippen molar-refractivity contribution in [2.24, 2.45) is 0 Å².